The zero-order chi connectivity index (χ0) is 24.1. The van der Waals surface area contributed by atoms with Crippen LogP contribution in [0.15, 0.2) is 24.3 Å². The maximum atomic E-state index is 11.9. The second kappa shape index (κ2) is 20.4. The van der Waals surface area contributed by atoms with Crippen molar-refractivity contribution in [3.8, 4) is 0 Å². The van der Waals surface area contributed by atoms with Gasteiger partial charge in [0.2, 0.25) is 5.91 Å². The van der Waals surface area contributed by atoms with Gasteiger partial charge in [0, 0.05) is 12.0 Å². The molecular formula is C27H51NO4. The Morgan fingerprint density at radius 3 is 2.00 bits per heavy atom. The normalized spacial score (nSPS) is 14.3. The summed E-state index contributed by atoms with van der Waals surface area (Å²) in [5.41, 5.74) is -0.871. The van der Waals surface area contributed by atoms with Crippen LogP contribution in [0, 0.1) is 5.41 Å². The van der Waals surface area contributed by atoms with E-state index in [2.05, 4.69) is 36.5 Å². The maximum absolute atomic E-state index is 11.9. The number of carbonyl (C=O) groups excluding carboxylic acids is 1. The van der Waals surface area contributed by atoms with E-state index in [9.17, 15) is 20.1 Å². The van der Waals surface area contributed by atoms with Gasteiger partial charge in [-0.3, -0.25) is 4.79 Å². The fourth-order valence-corrected chi connectivity index (χ4v) is 3.41. The molecule has 0 fully saturated rings. The van der Waals surface area contributed by atoms with Crippen LogP contribution >= 0.6 is 0 Å². The van der Waals surface area contributed by atoms with E-state index < -0.39 is 23.5 Å². The Labute approximate surface area is 197 Å². The molecule has 0 aromatic rings. The monoisotopic (exact) mass is 453 g/mol. The zero-order valence-corrected chi connectivity index (χ0v) is 21.0. The van der Waals surface area contributed by atoms with E-state index >= 15 is 0 Å². The lowest BCUT2D eigenvalue weighted by Gasteiger charge is -2.27. The van der Waals surface area contributed by atoms with Crippen molar-refractivity contribution in [2.45, 2.75) is 123 Å². The van der Waals surface area contributed by atoms with Crippen LogP contribution < -0.4 is 5.32 Å². The molecular weight excluding hydrogens is 402 g/mol. The molecule has 0 heterocycles. The van der Waals surface area contributed by atoms with Gasteiger partial charge >= 0.3 is 0 Å². The molecule has 32 heavy (non-hydrogen) atoms. The molecule has 0 saturated carbocycles. The van der Waals surface area contributed by atoms with Crippen LogP contribution in [0.25, 0.3) is 0 Å². The van der Waals surface area contributed by atoms with Crippen molar-refractivity contribution in [2.75, 3.05) is 13.2 Å². The average Bonchev–Trinajstić information content (AvgIpc) is 2.78. The van der Waals surface area contributed by atoms with E-state index in [0.717, 1.165) is 32.1 Å². The van der Waals surface area contributed by atoms with Crippen molar-refractivity contribution in [3.05, 3.63) is 24.3 Å². The van der Waals surface area contributed by atoms with Gasteiger partial charge in [-0.05, 0) is 44.9 Å². The van der Waals surface area contributed by atoms with Crippen LogP contribution in [0.5, 0.6) is 0 Å². The number of aliphatic hydroxyl groups is 3. The first-order valence-corrected chi connectivity index (χ1v) is 12.9. The minimum absolute atomic E-state index is 0.266. The number of hydrogen-bond donors (Lipinski definition) is 4. The van der Waals surface area contributed by atoms with E-state index in [1.54, 1.807) is 13.8 Å². The van der Waals surface area contributed by atoms with E-state index in [0.29, 0.717) is 13.0 Å². The summed E-state index contributed by atoms with van der Waals surface area (Å²) in [5, 5.41) is 31.8. The third-order valence-corrected chi connectivity index (χ3v) is 5.91. The molecule has 0 saturated heterocycles. The van der Waals surface area contributed by atoms with E-state index in [-0.39, 0.29) is 6.61 Å². The Balaban J connectivity index is 3.52. The number of allylic oxidation sites excluding steroid dienone is 4. The Morgan fingerprint density at radius 1 is 0.844 bits per heavy atom. The van der Waals surface area contributed by atoms with Gasteiger partial charge < -0.3 is 20.6 Å². The Morgan fingerprint density at radius 2 is 1.41 bits per heavy atom. The number of hydrogen-bond acceptors (Lipinski definition) is 4. The third-order valence-electron chi connectivity index (χ3n) is 5.91. The molecule has 0 aromatic carbocycles. The highest BCUT2D eigenvalue weighted by molar-refractivity contribution is 5.81. The van der Waals surface area contributed by atoms with Gasteiger partial charge in [-0.15, -0.1) is 0 Å². The SMILES string of the molecule is CCCCC/C=C\C/C=C\CCCCCCCCC(O)CCNC(=O)[C@H](O)C(C)(C)CO. The van der Waals surface area contributed by atoms with Crippen LogP contribution in [0.1, 0.15) is 111 Å². The number of carbonyl (C=O) groups is 1. The van der Waals surface area contributed by atoms with Crippen LogP contribution in [-0.4, -0.2) is 46.6 Å². The molecule has 0 aliphatic heterocycles. The van der Waals surface area contributed by atoms with Crippen molar-refractivity contribution in [1.29, 1.82) is 0 Å². The molecule has 2 atom stereocenters. The van der Waals surface area contributed by atoms with Crippen LogP contribution in [-0.2, 0) is 4.79 Å². The molecule has 188 valence electrons. The summed E-state index contributed by atoms with van der Waals surface area (Å²) in [4.78, 5) is 11.9. The van der Waals surface area contributed by atoms with Crippen molar-refractivity contribution < 1.29 is 20.1 Å². The van der Waals surface area contributed by atoms with Crippen molar-refractivity contribution in [2.24, 2.45) is 5.41 Å². The van der Waals surface area contributed by atoms with E-state index in [1.165, 1.54) is 51.4 Å². The third kappa shape index (κ3) is 17.4. The Kier molecular flexibility index (Phi) is 19.7. The van der Waals surface area contributed by atoms with E-state index in [1.807, 2.05) is 0 Å². The van der Waals surface area contributed by atoms with Crippen molar-refractivity contribution >= 4 is 5.91 Å². The van der Waals surface area contributed by atoms with Gasteiger partial charge in [-0.2, -0.15) is 0 Å². The van der Waals surface area contributed by atoms with Gasteiger partial charge in [0.05, 0.1) is 12.7 Å². The summed E-state index contributed by atoms with van der Waals surface area (Å²) in [5.74, 6) is -0.495. The predicted octanol–water partition coefficient (Wildman–Crippen LogP) is 5.44. The average molecular weight is 454 g/mol. The highest BCUT2D eigenvalue weighted by Crippen LogP contribution is 2.19. The van der Waals surface area contributed by atoms with Crippen LogP contribution in [0.4, 0.5) is 0 Å². The minimum atomic E-state index is -1.25. The van der Waals surface area contributed by atoms with Crippen molar-refractivity contribution in [1.82, 2.24) is 5.32 Å². The molecule has 1 amide bonds. The highest BCUT2D eigenvalue weighted by Gasteiger charge is 2.32. The summed E-state index contributed by atoms with van der Waals surface area (Å²) in [6, 6.07) is 0. The minimum Gasteiger partial charge on any atom is -0.396 e. The number of amides is 1. The van der Waals surface area contributed by atoms with Gasteiger partial charge in [-0.1, -0.05) is 90.0 Å². The Hall–Kier alpha value is -1.17. The second-order valence-corrected chi connectivity index (χ2v) is 9.66. The Bertz CT molecular complexity index is 502. The largest absolute Gasteiger partial charge is 0.396 e. The molecule has 4 N–H and O–H groups in total. The first-order chi connectivity index (χ1) is 15.3. The second-order valence-electron chi connectivity index (χ2n) is 9.66. The standard InChI is InChI=1S/C27H51NO4/c1-4-5-6-7-8-9-10-11-12-13-14-15-16-17-18-19-20-24(30)21-22-28-26(32)25(31)27(2,3)23-29/h8-9,11-12,24-25,29-31H,4-7,10,13-23H2,1-3H3,(H,28,32)/b9-8-,12-11-/t24?,25-/m0/s1. The van der Waals surface area contributed by atoms with Gasteiger partial charge in [-0.25, -0.2) is 0 Å². The van der Waals surface area contributed by atoms with E-state index in [4.69, 9.17) is 0 Å². The predicted molar refractivity (Wildman–Crippen MR) is 134 cm³/mol. The smallest absolute Gasteiger partial charge is 0.249 e. The summed E-state index contributed by atoms with van der Waals surface area (Å²) < 4.78 is 0. The lowest BCUT2D eigenvalue weighted by atomic mass is 9.87. The number of aliphatic hydroxyl groups excluding tert-OH is 3. The van der Waals surface area contributed by atoms with Gasteiger partial charge in [0.1, 0.15) is 6.10 Å². The molecule has 5 heteroatoms. The fourth-order valence-electron chi connectivity index (χ4n) is 3.41. The first-order valence-electron chi connectivity index (χ1n) is 12.9. The molecule has 0 radical (unpaired) electrons. The van der Waals surface area contributed by atoms with Gasteiger partial charge in [0.25, 0.3) is 0 Å². The molecule has 0 aromatic heterocycles. The highest BCUT2D eigenvalue weighted by atomic mass is 16.3. The molecule has 0 aliphatic rings. The molecule has 0 aliphatic carbocycles. The lowest BCUT2D eigenvalue weighted by Crippen LogP contribution is -2.46. The summed E-state index contributed by atoms with van der Waals surface area (Å²) in [6.07, 6.45) is 23.1. The zero-order valence-electron chi connectivity index (χ0n) is 21.0. The van der Waals surface area contributed by atoms with Crippen molar-refractivity contribution in [3.63, 3.8) is 0 Å². The number of rotatable bonds is 21. The molecule has 0 bridgehead atoms. The topological polar surface area (TPSA) is 89.8 Å². The summed E-state index contributed by atoms with van der Waals surface area (Å²) in [6.45, 7) is 5.58. The molecule has 1 unspecified atom stereocenters. The maximum Gasteiger partial charge on any atom is 0.249 e. The number of unbranched alkanes of at least 4 members (excludes halogenated alkanes) is 9. The molecule has 5 nitrogen and oxygen atoms in total. The summed E-state index contributed by atoms with van der Waals surface area (Å²) in [7, 11) is 0. The van der Waals surface area contributed by atoms with Crippen LogP contribution in [0.3, 0.4) is 0 Å². The quantitative estimate of drug-likeness (QED) is 0.138. The molecule has 0 rings (SSSR count). The van der Waals surface area contributed by atoms with Crippen LogP contribution in [0.2, 0.25) is 0 Å². The first kappa shape index (κ1) is 30.8. The van der Waals surface area contributed by atoms with Gasteiger partial charge in [0.15, 0.2) is 0 Å². The fraction of sp³-hybridized carbons (Fsp3) is 0.815. The summed E-state index contributed by atoms with van der Waals surface area (Å²) >= 11 is 0. The molecule has 0 spiro atoms. The lowest BCUT2D eigenvalue weighted by molar-refractivity contribution is -0.137. The number of nitrogens with one attached hydrogen (secondary N) is 1.